The fourth-order valence-electron chi connectivity index (χ4n) is 0.900. The van der Waals surface area contributed by atoms with Gasteiger partial charge in [0.25, 0.3) is 0 Å². The van der Waals surface area contributed by atoms with Gasteiger partial charge in [-0.2, -0.15) is 16.7 Å². The van der Waals surface area contributed by atoms with E-state index in [4.69, 9.17) is 14.7 Å². The molecule has 0 radical (unpaired) electrons. The molecule has 1 aromatic rings. The molecule has 1 heterocycles. The van der Waals surface area contributed by atoms with Crippen LogP contribution in [0.4, 0.5) is 0 Å². The molecule has 0 saturated carbocycles. The zero-order chi connectivity index (χ0) is 11.3. The average molecular weight is 232 g/mol. The SMILES string of the molecule is CC(C)c1nc(CSCC(O)CO)no1. The van der Waals surface area contributed by atoms with Gasteiger partial charge in [-0.05, 0) is 0 Å². The van der Waals surface area contributed by atoms with Crippen LogP contribution in [0.3, 0.4) is 0 Å². The Labute approximate surface area is 92.9 Å². The van der Waals surface area contributed by atoms with Crippen LogP contribution in [0, 0.1) is 0 Å². The summed E-state index contributed by atoms with van der Waals surface area (Å²) < 4.78 is 5.02. The molecule has 0 aromatic carbocycles. The molecule has 1 aromatic heterocycles. The highest BCUT2D eigenvalue weighted by Crippen LogP contribution is 2.14. The van der Waals surface area contributed by atoms with E-state index in [0.717, 1.165) is 0 Å². The molecule has 1 atom stereocenters. The molecule has 6 heteroatoms. The number of aliphatic hydroxyl groups excluding tert-OH is 2. The first-order valence-electron chi connectivity index (χ1n) is 4.82. The molecule has 0 aliphatic heterocycles. The van der Waals surface area contributed by atoms with Gasteiger partial charge in [0.2, 0.25) is 5.89 Å². The number of thioether (sulfide) groups is 1. The van der Waals surface area contributed by atoms with Crippen molar-refractivity contribution in [3.05, 3.63) is 11.7 Å². The molecule has 0 spiro atoms. The van der Waals surface area contributed by atoms with Gasteiger partial charge in [-0.15, -0.1) is 0 Å². The Morgan fingerprint density at radius 2 is 2.20 bits per heavy atom. The fourth-order valence-corrected chi connectivity index (χ4v) is 1.69. The highest BCUT2D eigenvalue weighted by Gasteiger charge is 2.10. The Hall–Kier alpha value is -0.590. The van der Waals surface area contributed by atoms with Crippen LogP contribution >= 0.6 is 11.8 Å². The van der Waals surface area contributed by atoms with E-state index in [1.54, 1.807) is 0 Å². The standard InChI is InChI=1S/C9H16N2O3S/c1-6(2)9-10-8(11-14-9)5-15-4-7(13)3-12/h6-7,12-13H,3-5H2,1-2H3. The van der Waals surface area contributed by atoms with Crippen molar-refractivity contribution in [1.29, 1.82) is 0 Å². The zero-order valence-electron chi connectivity index (χ0n) is 8.88. The summed E-state index contributed by atoms with van der Waals surface area (Å²) in [5, 5.41) is 21.5. The first kappa shape index (κ1) is 12.5. The van der Waals surface area contributed by atoms with E-state index in [1.165, 1.54) is 11.8 Å². The molecule has 5 nitrogen and oxygen atoms in total. The van der Waals surface area contributed by atoms with E-state index < -0.39 is 6.10 Å². The van der Waals surface area contributed by atoms with E-state index in [2.05, 4.69) is 10.1 Å². The van der Waals surface area contributed by atoms with Gasteiger partial charge in [0.1, 0.15) is 0 Å². The quantitative estimate of drug-likeness (QED) is 0.754. The molecule has 86 valence electrons. The topological polar surface area (TPSA) is 79.4 Å². The molecule has 0 bridgehead atoms. The summed E-state index contributed by atoms with van der Waals surface area (Å²) in [4.78, 5) is 4.19. The van der Waals surface area contributed by atoms with Crippen LogP contribution < -0.4 is 0 Å². The Morgan fingerprint density at radius 1 is 1.47 bits per heavy atom. The Balaban J connectivity index is 2.31. The minimum absolute atomic E-state index is 0.212. The Morgan fingerprint density at radius 3 is 2.73 bits per heavy atom. The smallest absolute Gasteiger partial charge is 0.229 e. The lowest BCUT2D eigenvalue weighted by atomic mass is 10.2. The number of hydrogen-bond acceptors (Lipinski definition) is 6. The zero-order valence-corrected chi connectivity index (χ0v) is 9.70. The molecule has 2 N–H and O–H groups in total. The third kappa shape index (κ3) is 4.19. The van der Waals surface area contributed by atoms with E-state index in [1.807, 2.05) is 13.8 Å². The van der Waals surface area contributed by atoms with Crippen LogP contribution in [0.15, 0.2) is 4.52 Å². The van der Waals surface area contributed by atoms with Crippen LogP contribution in [0.5, 0.6) is 0 Å². The van der Waals surface area contributed by atoms with Crippen LogP contribution in [-0.4, -0.2) is 38.8 Å². The first-order chi connectivity index (χ1) is 7.13. The van der Waals surface area contributed by atoms with Crippen molar-refractivity contribution < 1.29 is 14.7 Å². The monoisotopic (exact) mass is 232 g/mol. The molecule has 0 aliphatic carbocycles. The van der Waals surface area contributed by atoms with Gasteiger partial charge >= 0.3 is 0 Å². The van der Waals surface area contributed by atoms with Crippen molar-refractivity contribution in [2.75, 3.05) is 12.4 Å². The van der Waals surface area contributed by atoms with E-state index in [9.17, 15) is 0 Å². The normalized spacial score (nSPS) is 13.4. The third-order valence-electron chi connectivity index (χ3n) is 1.73. The minimum atomic E-state index is -0.675. The molecule has 0 fully saturated rings. The Kier molecular flexibility index (Phi) is 5.07. The molecule has 0 saturated heterocycles. The van der Waals surface area contributed by atoms with Gasteiger partial charge in [0.15, 0.2) is 5.82 Å². The number of aliphatic hydroxyl groups is 2. The van der Waals surface area contributed by atoms with Gasteiger partial charge in [-0.1, -0.05) is 19.0 Å². The molecular weight excluding hydrogens is 216 g/mol. The van der Waals surface area contributed by atoms with Gasteiger partial charge < -0.3 is 14.7 Å². The predicted octanol–water partition coefficient (Wildman–Crippen LogP) is 0.779. The van der Waals surface area contributed by atoms with Gasteiger partial charge in [-0.3, -0.25) is 0 Å². The second kappa shape index (κ2) is 6.09. The van der Waals surface area contributed by atoms with E-state index in [-0.39, 0.29) is 12.5 Å². The van der Waals surface area contributed by atoms with Crippen molar-refractivity contribution in [2.24, 2.45) is 0 Å². The Bertz CT molecular complexity index is 291. The summed E-state index contributed by atoms with van der Waals surface area (Å²) in [6.07, 6.45) is -0.675. The lowest BCUT2D eigenvalue weighted by Crippen LogP contribution is -2.14. The maximum Gasteiger partial charge on any atom is 0.229 e. The maximum atomic E-state index is 9.09. The van der Waals surface area contributed by atoms with Gasteiger partial charge in [0.05, 0.1) is 18.5 Å². The molecule has 0 amide bonds. The van der Waals surface area contributed by atoms with Crippen molar-refractivity contribution in [1.82, 2.24) is 10.1 Å². The van der Waals surface area contributed by atoms with E-state index in [0.29, 0.717) is 23.2 Å². The summed E-state index contributed by atoms with van der Waals surface area (Å²) in [5.41, 5.74) is 0. The number of rotatable bonds is 6. The number of hydrogen-bond donors (Lipinski definition) is 2. The minimum Gasteiger partial charge on any atom is -0.394 e. The van der Waals surface area contributed by atoms with Crippen molar-refractivity contribution in [3.8, 4) is 0 Å². The molecular formula is C9H16N2O3S. The number of aromatic nitrogens is 2. The lowest BCUT2D eigenvalue weighted by molar-refractivity contribution is 0.113. The summed E-state index contributed by atoms with van der Waals surface area (Å²) in [6, 6.07) is 0. The van der Waals surface area contributed by atoms with Gasteiger partial charge in [0, 0.05) is 11.7 Å². The molecule has 15 heavy (non-hydrogen) atoms. The largest absolute Gasteiger partial charge is 0.394 e. The molecule has 1 unspecified atom stereocenters. The summed E-state index contributed by atoms with van der Waals surface area (Å²) >= 11 is 1.47. The van der Waals surface area contributed by atoms with Crippen LogP contribution in [0.25, 0.3) is 0 Å². The average Bonchev–Trinajstić information content (AvgIpc) is 2.66. The lowest BCUT2D eigenvalue weighted by Gasteiger charge is -2.03. The van der Waals surface area contributed by atoms with Crippen molar-refractivity contribution >= 4 is 11.8 Å². The molecule has 0 aliphatic rings. The van der Waals surface area contributed by atoms with Crippen molar-refractivity contribution in [2.45, 2.75) is 31.6 Å². The second-order valence-electron chi connectivity index (χ2n) is 3.56. The summed E-state index contributed by atoms with van der Waals surface area (Å²) in [6.45, 7) is 3.76. The summed E-state index contributed by atoms with van der Waals surface area (Å²) in [7, 11) is 0. The van der Waals surface area contributed by atoms with Crippen LogP contribution in [0.1, 0.15) is 31.5 Å². The highest BCUT2D eigenvalue weighted by atomic mass is 32.2. The fraction of sp³-hybridized carbons (Fsp3) is 0.778. The first-order valence-corrected chi connectivity index (χ1v) is 5.98. The van der Waals surface area contributed by atoms with Gasteiger partial charge in [-0.25, -0.2) is 0 Å². The third-order valence-corrected chi connectivity index (χ3v) is 2.81. The van der Waals surface area contributed by atoms with Crippen LogP contribution in [-0.2, 0) is 5.75 Å². The maximum absolute atomic E-state index is 9.09. The van der Waals surface area contributed by atoms with E-state index >= 15 is 0 Å². The molecule has 1 rings (SSSR count). The number of nitrogens with zero attached hydrogens (tertiary/aromatic N) is 2. The van der Waals surface area contributed by atoms with Crippen molar-refractivity contribution in [3.63, 3.8) is 0 Å². The predicted molar refractivity (Wildman–Crippen MR) is 57.6 cm³/mol. The van der Waals surface area contributed by atoms with Crippen LogP contribution in [0.2, 0.25) is 0 Å². The highest BCUT2D eigenvalue weighted by molar-refractivity contribution is 7.98. The second-order valence-corrected chi connectivity index (χ2v) is 4.59. The summed E-state index contributed by atoms with van der Waals surface area (Å²) in [5.74, 6) is 2.57.